The minimum atomic E-state index is -2.59. The van der Waals surface area contributed by atoms with Gasteiger partial charge in [0.1, 0.15) is 17.1 Å². The molecule has 2 rings (SSSR count). The second-order valence-electron chi connectivity index (χ2n) is 8.64. The van der Waals surface area contributed by atoms with Gasteiger partial charge in [-0.2, -0.15) is 0 Å². The lowest BCUT2D eigenvalue weighted by Crippen LogP contribution is -2.36. The van der Waals surface area contributed by atoms with Gasteiger partial charge < -0.3 is 9.84 Å². The van der Waals surface area contributed by atoms with Crippen LogP contribution in [-0.2, 0) is 6.42 Å². The van der Waals surface area contributed by atoms with Crippen LogP contribution in [0.4, 0.5) is 0 Å². The fourth-order valence-electron chi connectivity index (χ4n) is 3.85. The summed E-state index contributed by atoms with van der Waals surface area (Å²) in [6.45, 7) is 3.09. The summed E-state index contributed by atoms with van der Waals surface area (Å²) in [5.74, 6) is 1.21. The number of phenols is 1. The van der Waals surface area contributed by atoms with Crippen LogP contribution in [0.5, 0.6) is 11.5 Å². The normalized spacial score (nSPS) is 23.4. The molecule has 0 aliphatic carbocycles. The van der Waals surface area contributed by atoms with E-state index in [1.165, 1.54) is 11.6 Å². The molecule has 0 bridgehead atoms. The number of phenolic OH excluding ortho intramolecular Hbond substituents is 1. The number of fused-ring (bicyclic) bond motifs is 1. The molecule has 0 amide bonds. The molecule has 1 aliphatic rings. The topological polar surface area (TPSA) is 29.5 Å². The van der Waals surface area contributed by atoms with Crippen LogP contribution in [0.1, 0.15) is 98.8 Å². The molecule has 1 aromatic rings. The van der Waals surface area contributed by atoms with Gasteiger partial charge in [0.15, 0.2) is 0 Å². The van der Waals surface area contributed by atoms with Gasteiger partial charge in [0.25, 0.3) is 0 Å². The first-order valence-electron chi connectivity index (χ1n) is 13.6. The molecule has 1 aliphatic heterocycles. The molecule has 29 heavy (non-hydrogen) atoms. The SMILES string of the molecule is [2H]C([2H])([2H])C(=CCC/C(C)=C/CC/C(C)=C/CC[C@]1(C)CCc2cc(O)cc(C)c2O1)C([2H])([2H])[2H]. The molecule has 0 spiro atoms. The predicted molar refractivity (Wildman–Crippen MR) is 125 cm³/mol. The van der Waals surface area contributed by atoms with Gasteiger partial charge in [0.2, 0.25) is 0 Å². The van der Waals surface area contributed by atoms with E-state index in [-0.39, 0.29) is 5.60 Å². The Kier molecular flexibility index (Phi) is 5.85. The summed E-state index contributed by atoms with van der Waals surface area (Å²) >= 11 is 0. The number of aryl methyl sites for hydroxylation is 2. The molecule has 2 nitrogen and oxygen atoms in total. The third kappa shape index (κ3) is 7.76. The third-order valence-corrected chi connectivity index (χ3v) is 5.69. The summed E-state index contributed by atoms with van der Waals surface area (Å²) in [5.41, 5.74) is 3.86. The van der Waals surface area contributed by atoms with Crippen LogP contribution in [0.25, 0.3) is 0 Å². The van der Waals surface area contributed by atoms with Crippen molar-refractivity contribution in [1.29, 1.82) is 0 Å². The van der Waals surface area contributed by atoms with E-state index < -0.39 is 19.3 Å². The molecule has 0 radical (unpaired) electrons. The Morgan fingerprint density at radius 1 is 1.10 bits per heavy atom. The molecule has 0 saturated heterocycles. The van der Waals surface area contributed by atoms with Crippen molar-refractivity contribution >= 4 is 0 Å². The number of hydrogen-bond acceptors (Lipinski definition) is 2. The Bertz CT molecular complexity index is 953. The summed E-state index contributed by atoms with van der Waals surface area (Å²) in [6.07, 6.45) is 12.4. The van der Waals surface area contributed by atoms with Gasteiger partial charge in [0, 0.05) is 8.22 Å². The first kappa shape index (κ1) is 15.8. The van der Waals surface area contributed by atoms with Crippen molar-refractivity contribution in [2.75, 3.05) is 0 Å². The quantitative estimate of drug-likeness (QED) is 0.424. The smallest absolute Gasteiger partial charge is 0.126 e. The van der Waals surface area contributed by atoms with Gasteiger partial charge >= 0.3 is 0 Å². The van der Waals surface area contributed by atoms with Crippen LogP contribution < -0.4 is 4.74 Å². The monoisotopic (exact) mass is 402 g/mol. The Hall–Kier alpha value is -1.96. The van der Waals surface area contributed by atoms with E-state index in [1.54, 1.807) is 12.1 Å². The molecule has 1 aromatic carbocycles. The Balaban J connectivity index is 1.81. The minimum absolute atomic E-state index is 0.210. The van der Waals surface area contributed by atoms with Gasteiger partial charge in [0.05, 0.1) is 0 Å². The highest BCUT2D eigenvalue weighted by atomic mass is 16.5. The molecule has 0 unspecified atom stereocenters. The number of ether oxygens (including phenoxy) is 1. The van der Waals surface area contributed by atoms with Crippen molar-refractivity contribution in [3.05, 3.63) is 58.2 Å². The predicted octanol–water partition coefficient (Wildman–Crippen LogP) is 7.98. The fraction of sp³-hybridized carbons (Fsp3) is 0.556. The first-order chi connectivity index (χ1) is 16.1. The van der Waals surface area contributed by atoms with E-state index in [1.807, 2.05) is 13.8 Å². The standard InChI is InChI=1S/C27H40O2/c1-20(2)10-7-11-21(3)12-8-13-22(4)14-9-16-27(6)17-15-24-19-25(28)18-23(5)26(24)29-27/h10,12,14,18-19,28H,7-9,11,13,15-17H2,1-6H3/b21-12+,22-14+/t27-/m1/s1/i1D3,2D3. The third-order valence-electron chi connectivity index (χ3n) is 5.69. The van der Waals surface area contributed by atoms with E-state index in [9.17, 15) is 5.11 Å². The molecule has 0 saturated carbocycles. The van der Waals surface area contributed by atoms with Crippen molar-refractivity contribution in [2.45, 2.75) is 98.4 Å². The van der Waals surface area contributed by atoms with E-state index in [0.29, 0.717) is 18.6 Å². The number of rotatable bonds is 9. The van der Waals surface area contributed by atoms with Crippen LogP contribution in [-0.4, -0.2) is 10.7 Å². The summed E-state index contributed by atoms with van der Waals surface area (Å²) in [5, 5.41) is 9.82. The maximum absolute atomic E-state index is 9.82. The number of aromatic hydroxyl groups is 1. The van der Waals surface area contributed by atoms with Crippen LogP contribution in [0.2, 0.25) is 0 Å². The molecule has 1 heterocycles. The summed E-state index contributed by atoms with van der Waals surface area (Å²) < 4.78 is 51.0. The van der Waals surface area contributed by atoms with Crippen LogP contribution in [0.15, 0.2) is 47.1 Å². The Morgan fingerprint density at radius 3 is 2.45 bits per heavy atom. The first-order valence-corrected chi connectivity index (χ1v) is 10.6. The van der Waals surface area contributed by atoms with Gasteiger partial charge in [-0.25, -0.2) is 0 Å². The zero-order chi connectivity index (χ0) is 26.4. The van der Waals surface area contributed by atoms with Gasteiger partial charge in [-0.05, 0) is 116 Å². The van der Waals surface area contributed by atoms with Crippen molar-refractivity contribution in [3.8, 4) is 11.5 Å². The fourth-order valence-corrected chi connectivity index (χ4v) is 3.85. The zero-order valence-electron chi connectivity index (χ0n) is 24.4. The van der Waals surface area contributed by atoms with E-state index in [2.05, 4.69) is 26.0 Å². The van der Waals surface area contributed by atoms with Crippen LogP contribution in [0, 0.1) is 6.92 Å². The average molecular weight is 403 g/mol. The van der Waals surface area contributed by atoms with E-state index >= 15 is 0 Å². The highest BCUT2D eigenvalue weighted by molar-refractivity contribution is 5.47. The average Bonchev–Trinajstić information content (AvgIpc) is 2.70. The molecule has 1 N–H and O–H groups in total. The molecular weight excluding hydrogens is 356 g/mol. The van der Waals surface area contributed by atoms with Crippen LogP contribution in [0.3, 0.4) is 0 Å². The summed E-state index contributed by atoms with van der Waals surface area (Å²) in [4.78, 5) is 0. The Morgan fingerprint density at radius 2 is 1.76 bits per heavy atom. The van der Waals surface area contributed by atoms with E-state index in [4.69, 9.17) is 13.0 Å². The number of hydrogen-bond donors (Lipinski definition) is 1. The molecule has 1 atom stereocenters. The maximum atomic E-state index is 9.82. The van der Waals surface area contributed by atoms with Crippen molar-refractivity contribution in [2.24, 2.45) is 0 Å². The lowest BCUT2D eigenvalue weighted by Gasteiger charge is -2.36. The number of benzene rings is 1. The number of allylic oxidation sites excluding steroid dienone is 6. The highest BCUT2D eigenvalue weighted by Gasteiger charge is 2.31. The van der Waals surface area contributed by atoms with Gasteiger partial charge in [-0.15, -0.1) is 0 Å². The summed E-state index contributed by atoms with van der Waals surface area (Å²) in [6, 6.07) is 3.55. The highest BCUT2D eigenvalue weighted by Crippen LogP contribution is 2.39. The largest absolute Gasteiger partial charge is 0.508 e. The van der Waals surface area contributed by atoms with E-state index in [0.717, 1.165) is 61.0 Å². The van der Waals surface area contributed by atoms with Crippen molar-refractivity contribution < 1.29 is 18.1 Å². The minimum Gasteiger partial charge on any atom is -0.508 e. The molecule has 0 aromatic heterocycles. The maximum Gasteiger partial charge on any atom is 0.126 e. The van der Waals surface area contributed by atoms with Crippen molar-refractivity contribution in [3.63, 3.8) is 0 Å². The molecule has 2 heteroatoms. The second kappa shape index (κ2) is 10.7. The van der Waals surface area contributed by atoms with Gasteiger partial charge in [-0.3, -0.25) is 0 Å². The zero-order valence-corrected chi connectivity index (χ0v) is 18.4. The van der Waals surface area contributed by atoms with Gasteiger partial charge in [-0.1, -0.05) is 34.9 Å². The lowest BCUT2D eigenvalue weighted by molar-refractivity contribution is 0.0561. The molecular formula is C27H40O2. The second-order valence-corrected chi connectivity index (χ2v) is 8.64. The Labute approximate surface area is 186 Å². The molecule has 0 fully saturated rings. The molecule has 160 valence electrons. The van der Waals surface area contributed by atoms with Crippen LogP contribution >= 0.6 is 0 Å². The summed E-state index contributed by atoms with van der Waals surface area (Å²) in [7, 11) is 0. The van der Waals surface area contributed by atoms with Crippen molar-refractivity contribution in [1.82, 2.24) is 0 Å². The lowest BCUT2D eigenvalue weighted by atomic mass is 9.87.